The van der Waals surface area contributed by atoms with Crippen LogP contribution in [0.2, 0.25) is 0 Å². The van der Waals surface area contributed by atoms with E-state index in [9.17, 15) is 10.0 Å². The Hall–Kier alpha value is -1.49. The first-order valence-electron chi connectivity index (χ1n) is 5.01. The Morgan fingerprint density at radius 2 is 2.47 bits per heavy atom. The van der Waals surface area contributed by atoms with Crippen molar-refractivity contribution in [2.45, 2.75) is 18.9 Å². The van der Waals surface area contributed by atoms with Crippen LogP contribution < -0.4 is 4.90 Å². The number of nitrogens with zero attached hydrogens (tertiary/aromatic N) is 3. The first-order valence-corrected chi connectivity index (χ1v) is 5.01. The fraction of sp³-hybridized carbons (Fsp3) is 0.500. The van der Waals surface area contributed by atoms with Crippen molar-refractivity contribution in [3.05, 3.63) is 23.4 Å². The maximum absolute atomic E-state index is 10.6. The van der Waals surface area contributed by atoms with E-state index in [4.69, 9.17) is 0 Å². The molecular weight excluding hydrogens is 194 g/mol. The number of rotatable bonds is 2. The minimum atomic E-state index is -0.314. The smallest absolute Gasteiger partial charge is 0.149 e. The predicted octanol–water partition coefficient (Wildman–Crippen LogP) is 1.44. The third-order valence-electron chi connectivity index (χ3n) is 2.61. The van der Waals surface area contributed by atoms with Gasteiger partial charge in [-0.25, -0.2) is 0 Å². The normalized spacial score (nSPS) is 21.4. The van der Waals surface area contributed by atoms with Crippen molar-refractivity contribution < 1.29 is 5.11 Å². The summed E-state index contributed by atoms with van der Waals surface area (Å²) in [5, 5.41) is 12.5. The lowest BCUT2D eigenvalue weighted by atomic mass is 10.1. The van der Waals surface area contributed by atoms with Crippen molar-refractivity contribution in [2.75, 3.05) is 18.0 Å². The van der Waals surface area contributed by atoms with Gasteiger partial charge in [0.1, 0.15) is 5.69 Å². The third kappa shape index (κ3) is 2.12. The molecule has 0 aromatic carbocycles. The molecule has 0 saturated carbocycles. The molecule has 5 heteroatoms. The number of nitroso groups, excluding NO2 is 1. The van der Waals surface area contributed by atoms with E-state index in [2.05, 4.69) is 10.2 Å². The molecule has 1 atom stereocenters. The topological polar surface area (TPSA) is 65.8 Å². The van der Waals surface area contributed by atoms with Crippen LogP contribution in [-0.2, 0) is 0 Å². The summed E-state index contributed by atoms with van der Waals surface area (Å²) in [5.41, 5.74) is 1.10. The average Bonchev–Trinajstić information content (AvgIpc) is 2.29. The molecule has 80 valence electrons. The Balaban J connectivity index is 2.24. The minimum absolute atomic E-state index is 0.314. The molecule has 1 aromatic rings. The summed E-state index contributed by atoms with van der Waals surface area (Å²) in [7, 11) is 0. The Kier molecular flexibility index (Phi) is 2.91. The molecule has 1 aliphatic heterocycles. The van der Waals surface area contributed by atoms with Crippen LogP contribution >= 0.6 is 0 Å². The number of aliphatic hydroxyl groups excluding tert-OH is 1. The number of pyridine rings is 1. The van der Waals surface area contributed by atoms with E-state index < -0.39 is 0 Å². The van der Waals surface area contributed by atoms with E-state index in [1.54, 1.807) is 12.3 Å². The lowest BCUT2D eigenvalue weighted by molar-refractivity contribution is 0.154. The average molecular weight is 207 g/mol. The highest BCUT2D eigenvalue weighted by Crippen LogP contribution is 2.29. The number of β-amino-alcohol motifs (C(OH)–C–C–N with tert-alkyl or cyclic N) is 1. The van der Waals surface area contributed by atoms with Crippen molar-refractivity contribution in [1.82, 2.24) is 4.98 Å². The molecule has 0 spiro atoms. The lowest BCUT2D eigenvalue weighted by Gasteiger charge is -2.32. The Morgan fingerprint density at radius 3 is 3.20 bits per heavy atom. The van der Waals surface area contributed by atoms with Crippen LogP contribution in [0.5, 0.6) is 0 Å². The molecule has 1 fully saturated rings. The number of anilines is 1. The van der Waals surface area contributed by atoms with Crippen LogP contribution in [0, 0.1) is 4.91 Å². The molecule has 0 bridgehead atoms. The molecule has 0 radical (unpaired) electrons. The first-order chi connectivity index (χ1) is 7.31. The van der Waals surface area contributed by atoms with Gasteiger partial charge in [0.15, 0.2) is 0 Å². The number of hydrogen-bond acceptors (Lipinski definition) is 5. The summed E-state index contributed by atoms with van der Waals surface area (Å²) in [6.45, 7) is 1.41. The number of piperidine rings is 1. The van der Waals surface area contributed by atoms with E-state index in [1.807, 2.05) is 4.90 Å². The van der Waals surface area contributed by atoms with Gasteiger partial charge < -0.3 is 10.0 Å². The summed E-state index contributed by atoms with van der Waals surface area (Å²) in [6.07, 6.45) is 4.52. The molecule has 15 heavy (non-hydrogen) atoms. The summed E-state index contributed by atoms with van der Waals surface area (Å²) in [6, 6.07) is 1.76. The van der Waals surface area contributed by atoms with E-state index >= 15 is 0 Å². The van der Waals surface area contributed by atoms with E-state index in [-0.39, 0.29) is 6.10 Å². The van der Waals surface area contributed by atoms with Gasteiger partial charge in [0.2, 0.25) is 0 Å². The zero-order valence-electron chi connectivity index (χ0n) is 8.33. The Labute approximate surface area is 87.7 Å². The van der Waals surface area contributed by atoms with Gasteiger partial charge in [-0.15, -0.1) is 4.91 Å². The molecule has 1 aromatic heterocycles. The van der Waals surface area contributed by atoms with Crippen LogP contribution in [0.15, 0.2) is 23.6 Å². The van der Waals surface area contributed by atoms with Crippen molar-refractivity contribution in [2.24, 2.45) is 5.18 Å². The van der Waals surface area contributed by atoms with Gasteiger partial charge in [0.05, 0.1) is 18.0 Å². The van der Waals surface area contributed by atoms with Gasteiger partial charge in [0.25, 0.3) is 0 Å². The van der Waals surface area contributed by atoms with Gasteiger partial charge in [-0.1, -0.05) is 0 Å². The number of hydrogen-bond donors (Lipinski definition) is 1. The molecule has 1 saturated heterocycles. The molecular formula is C10H13N3O2. The van der Waals surface area contributed by atoms with Gasteiger partial charge >= 0.3 is 0 Å². The molecule has 1 aliphatic rings. The van der Waals surface area contributed by atoms with Crippen molar-refractivity contribution >= 4 is 11.4 Å². The van der Waals surface area contributed by atoms with Crippen LogP contribution in [0.4, 0.5) is 11.4 Å². The van der Waals surface area contributed by atoms with Crippen molar-refractivity contribution in [1.29, 1.82) is 0 Å². The quantitative estimate of drug-likeness (QED) is 0.745. The molecule has 5 nitrogen and oxygen atoms in total. The summed E-state index contributed by atoms with van der Waals surface area (Å²) in [4.78, 5) is 16.4. The number of aromatic nitrogens is 1. The van der Waals surface area contributed by atoms with Gasteiger partial charge in [-0.05, 0) is 24.1 Å². The van der Waals surface area contributed by atoms with Crippen LogP contribution in [0.25, 0.3) is 0 Å². The molecule has 1 N–H and O–H groups in total. The number of aliphatic hydroxyl groups is 1. The zero-order valence-corrected chi connectivity index (χ0v) is 8.33. The van der Waals surface area contributed by atoms with E-state index in [1.165, 1.54) is 6.20 Å². The molecule has 0 aliphatic carbocycles. The van der Waals surface area contributed by atoms with Crippen molar-refractivity contribution in [3.8, 4) is 0 Å². The fourth-order valence-corrected chi connectivity index (χ4v) is 1.89. The third-order valence-corrected chi connectivity index (χ3v) is 2.61. The second-order valence-corrected chi connectivity index (χ2v) is 3.70. The second-order valence-electron chi connectivity index (χ2n) is 3.70. The van der Waals surface area contributed by atoms with Crippen molar-refractivity contribution in [3.63, 3.8) is 0 Å². The molecule has 1 unspecified atom stereocenters. The van der Waals surface area contributed by atoms with Crippen LogP contribution in [0.3, 0.4) is 0 Å². The standard InChI is InChI=1S/C10H13N3O2/c14-8-2-1-5-13(7-8)10-3-4-11-6-9(10)12-15/h3-4,6,8,14H,1-2,5,7H2. The highest BCUT2D eigenvalue weighted by atomic mass is 16.3. The zero-order chi connectivity index (χ0) is 10.7. The maximum atomic E-state index is 10.6. The summed E-state index contributed by atoms with van der Waals surface area (Å²) >= 11 is 0. The fourth-order valence-electron chi connectivity index (χ4n) is 1.89. The molecule has 2 heterocycles. The van der Waals surface area contributed by atoms with Gasteiger partial charge in [-0.2, -0.15) is 0 Å². The van der Waals surface area contributed by atoms with E-state index in [0.29, 0.717) is 12.2 Å². The summed E-state index contributed by atoms with van der Waals surface area (Å²) < 4.78 is 0. The summed E-state index contributed by atoms with van der Waals surface area (Å²) in [5.74, 6) is 0. The first kappa shape index (κ1) is 10.0. The van der Waals surface area contributed by atoms with Gasteiger partial charge in [-0.3, -0.25) is 4.98 Å². The second kappa shape index (κ2) is 4.35. The Bertz CT molecular complexity index is 356. The Morgan fingerprint density at radius 1 is 1.60 bits per heavy atom. The predicted molar refractivity (Wildman–Crippen MR) is 57.1 cm³/mol. The maximum Gasteiger partial charge on any atom is 0.149 e. The van der Waals surface area contributed by atoms with E-state index in [0.717, 1.165) is 25.1 Å². The highest BCUT2D eigenvalue weighted by molar-refractivity contribution is 5.65. The highest BCUT2D eigenvalue weighted by Gasteiger charge is 2.20. The molecule has 0 amide bonds. The SMILES string of the molecule is O=Nc1cnccc1N1CCCC(O)C1. The monoisotopic (exact) mass is 207 g/mol. The minimum Gasteiger partial charge on any atom is -0.391 e. The lowest BCUT2D eigenvalue weighted by Crippen LogP contribution is -2.38. The van der Waals surface area contributed by atoms with Crippen LogP contribution in [0.1, 0.15) is 12.8 Å². The molecule has 2 rings (SSSR count). The largest absolute Gasteiger partial charge is 0.391 e. The van der Waals surface area contributed by atoms with Crippen LogP contribution in [-0.4, -0.2) is 29.3 Å². The van der Waals surface area contributed by atoms with Gasteiger partial charge in [0, 0.05) is 19.3 Å².